The Hall–Kier alpha value is -1.79. The van der Waals surface area contributed by atoms with Crippen LogP contribution in [0.5, 0.6) is 0 Å². The molecular weight excluding hydrogens is 301 g/mol. The molecule has 2 aromatic rings. The van der Waals surface area contributed by atoms with Crippen LogP contribution >= 0.6 is 11.3 Å². The number of hydrogen-bond acceptors (Lipinski definition) is 4. The van der Waals surface area contributed by atoms with Gasteiger partial charge in [0, 0.05) is 22.4 Å². The number of rotatable bonds is 3. The number of anilines is 1. The summed E-state index contributed by atoms with van der Waals surface area (Å²) in [6.07, 6.45) is 2.47. The summed E-state index contributed by atoms with van der Waals surface area (Å²) < 4.78 is 13.0. The molecule has 1 aliphatic carbocycles. The number of halogens is 1. The lowest BCUT2D eigenvalue weighted by Gasteiger charge is -2.08. The number of nitrogens with two attached hydrogens (primary N) is 1. The Balaban J connectivity index is 1.75. The van der Waals surface area contributed by atoms with Crippen molar-refractivity contribution in [3.8, 4) is 11.3 Å². The van der Waals surface area contributed by atoms with Gasteiger partial charge in [-0.2, -0.15) is 0 Å². The highest BCUT2D eigenvalue weighted by molar-refractivity contribution is 7.16. The van der Waals surface area contributed by atoms with Gasteiger partial charge in [-0.15, -0.1) is 11.3 Å². The number of thiazole rings is 1. The van der Waals surface area contributed by atoms with E-state index < -0.39 is 0 Å². The molecule has 116 valence electrons. The van der Waals surface area contributed by atoms with Crippen molar-refractivity contribution in [3.63, 3.8) is 0 Å². The summed E-state index contributed by atoms with van der Waals surface area (Å²) in [4.78, 5) is 17.7. The fourth-order valence-corrected chi connectivity index (χ4v) is 3.63. The molecular formula is C16H18FN3OS. The summed E-state index contributed by atoms with van der Waals surface area (Å²) in [5, 5.41) is 3.47. The fraction of sp³-hybridized carbons (Fsp3) is 0.375. The first-order chi connectivity index (χ1) is 10.5. The van der Waals surface area contributed by atoms with Crippen molar-refractivity contribution < 1.29 is 9.18 Å². The third-order valence-electron chi connectivity index (χ3n) is 3.99. The van der Waals surface area contributed by atoms with Gasteiger partial charge in [0.2, 0.25) is 5.91 Å². The Morgan fingerprint density at radius 2 is 2.09 bits per heavy atom. The van der Waals surface area contributed by atoms with Crippen molar-refractivity contribution in [3.05, 3.63) is 35.0 Å². The van der Waals surface area contributed by atoms with Gasteiger partial charge in [-0.25, -0.2) is 9.37 Å². The van der Waals surface area contributed by atoms with Crippen LogP contribution in [0.4, 0.5) is 9.52 Å². The predicted molar refractivity (Wildman–Crippen MR) is 86.2 cm³/mol. The highest BCUT2D eigenvalue weighted by Crippen LogP contribution is 2.32. The molecule has 0 spiro atoms. The highest BCUT2D eigenvalue weighted by atomic mass is 32.1. The van der Waals surface area contributed by atoms with Crippen LogP contribution in [0.15, 0.2) is 24.3 Å². The molecule has 22 heavy (non-hydrogen) atoms. The SMILES string of the molecule is Cc1sc(NC(=O)C2CCC(N)C2)nc1-c1ccc(F)cc1. The summed E-state index contributed by atoms with van der Waals surface area (Å²) in [6, 6.07) is 6.33. The second-order valence-electron chi connectivity index (χ2n) is 5.69. The Morgan fingerprint density at radius 3 is 2.73 bits per heavy atom. The first-order valence-corrected chi connectivity index (χ1v) is 8.14. The average molecular weight is 319 g/mol. The number of amides is 1. The molecule has 1 aromatic heterocycles. The van der Waals surface area contributed by atoms with Crippen LogP contribution in [0.2, 0.25) is 0 Å². The zero-order chi connectivity index (χ0) is 15.7. The molecule has 1 aromatic carbocycles. The van der Waals surface area contributed by atoms with Gasteiger partial charge in [-0.1, -0.05) is 0 Å². The van der Waals surface area contributed by atoms with Gasteiger partial charge in [0.05, 0.1) is 5.69 Å². The Morgan fingerprint density at radius 1 is 1.36 bits per heavy atom. The van der Waals surface area contributed by atoms with Gasteiger partial charge in [0.25, 0.3) is 0 Å². The molecule has 6 heteroatoms. The van der Waals surface area contributed by atoms with Gasteiger partial charge in [0.1, 0.15) is 5.82 Å². The molecule has 0 bridgehead atoms. The van der Waals surface area contributed by atoms with E-state index in [1.54, 1.807) is 12.1 Å². The number of aryl methyl sites for hydroxylation is 1. The standard InChI is InChI=1S/C16H18FN3OS/c1-9-14(10-2-5-12(17)6-3-10)19-16(22-9)20-15(21)11-4-7-13(18)8-11/h2-3,5-6,11,13H,4,7-8,18H2,1H3,(H,19,20,21). The molecule has 1 amide bonds. The van der Waals surface area contributed by atoms with Crippen molar-refractivity contribution in [2.75, 3.05) is 5.32 Å². The maximum atomic E-state index is 13.0. The molecule has 2 unspecified atom stereocenters. The van der Waals surface area contributed by atoms with E-state index >= 15 is 0 Å². The highest BCUT2D eigenvalue weighted by Gasteiger charge is 2.28. The minimum absolute atomic E-state index is 0.00708. The summed E-state index contributed by atoms with van der Waals surface area (Å²) in [6.45, 7) is 1.94. The van der Waals surface area contributed by atoms with Crippen molar-refractivity contribution >= 4 is 22.4 Å². The Kier molecular flexibility index (Phi) is 4.22. The van der Waals surface area contributed by atoms with Crippen LogP contribution in [0.25, 0.3) is 11.3 Å². The molecule has 1 fully saturated rings. The zero-order valence-electron chi connectivity index (χ0n) is 12.3. The van der Waals surface area contributed by atoms with Crippen LogP contribution in [0, 0.1) is 18.7 Å². The van der Waals surface area contributed by atoms with Crippen LogP contribution in [-0.4, -0.2) is 16.9 Å². The smallest absolute Gasteiger partial charge is 0.229 e. The third-order valence-corrected chi connectivity index (χ3v) is 4.87. The summed E-state index contributed by atoms with van der Waals surface area (Å²) in [5.41, 5.74) is 7.48. The van der Waals surface area contributed by atoms with E-state index in [9.17, 15) is 9.18 Å². The van der Waals surface area contributed by atoms with Crippen molar-refractivity contribution in [1.29, 1.82) is 0 Å². The van der Waals surface area contributed by atoms with E-state index in [1.165, 1.54) is 23.5 Å². The van der Waals surface area contributed by atoms with E-state index in [2.05, 4.69) is 10.3 Å². The molecule has 0 aliphatic heterocycles. The van der Waals surface area contributed by atoms with E-state index in [0.29, 0.717) is 5.13 Å². The summed E-state index contributed by atoms with van der Waals surface area (Å²) >= 11 is 1.43. The molecule has 0 saturated heterocycles. The normalized spacial score (nSPS) is 21.0. The van der Waals surface area contributed by atoms with Crippen LogP contribution in [0.3, 0.4) is 0 Å². The molecule has 0 radical (unpaired) electrons. The summed E-state index contributed by atoms with van der Waals surface area (Å²) in [5.74, 6) is -0.302. The van der Waals surface area contributed by atoms with Crippen molar-refractivity contribution in [1.82, 2.24) is 4.98 Å². The van der Waals surface area contributed by atoms with E-state index in [0.717, 1.165) is 35.4 Å². The second kappa shape index (κ2) is 6.14. The molecule has 4 nitrogen and oxygen atoms in total. The zero-order valence-corrected chi connectivity index (χ0v) is 13.1. The topological polar surface area (TPSA) is 68.0 Å². The largest absolute Gasteiger partial charge is 0.328 e. The fourth-order valence-electron chi connectivity index (χ4n) is 2.79. The number of carbonyl (C=O) groups excluding carboxylic acids is 1. The van der Waals surface area contributed by atoms with Crippen LogP contribution < -0.4 is 11.1 Å². The molecule has 3 N–H and O–H groups in total. The second-order valence-corrected chi connectivity index (χ2v) is 6.89. The third kappa shape index (κ3) is 3.18. The lowest BCUT2D eigenvalue weighted by atomic mass is 10.1. The Bertz CT molecular complexity index is 683. The number of carbonyl (C=O) groups is 1. The first-order valence-electron chi connectivity index (χ1n) is 7.32. The minimum Gasteiger partial charge on any atom is -0.328 e. The number of aromatic nitrogens is 1. The van der Waals surface area contributed by atoms with E-state index in [1.807, 2.05) is 6.92 Å². The van der Waals surface area contributed by atoms with Gasteiger partial charge in [0.15, 0.2) is 5.13 Å². The summed E-state index contributed by atoms with van der Waals surface area (Å²) in [7, 11) is 0. The van der Waals surface area contributed by atoms with Gasteiger partial charge in [-0.05, 0) is 50.5 Å². The van der Waals surface area contributed by atoms with Crippen molar-refractivity contribution in [2.45, 2.75) is 32.2 Å². The maximum absolute atomic E-state index is 13.0. The van der Waals surface area contributed by atoms with Gasteiger partial charge < -0.3 is 11.1 Å². The quantitative estimate of drug-likeness (QED) is 0.912. The van der Waals surface area contributed by atoms with Gasteiger partial charge >= 0.3 is 0 Å². The lowest BCUT2D eigenvalue weighted by molar-refractivity contribution is -0.119. The first kappa shape index (κ1) is 15.1. The van der Waals surface area contributed by atoms with E-state index in [-0.39, 0.29) is 23.7 Å². The number of nitrogens with one attached hydrogen (secondary N) is 1. The van der Waals surface area contributed by atoms with E-state index in [4.69, 9.17) is 5.73 Å². The molecule has 1 saturated carbocycles. The number of hydrogen-bond donors (Lipinski definition) is 2. The average Bonchev–Trinajstić information content (AvgIpc) is 3.06. The number of benzene rings is 1. The monoisotopic (exact) mass is 319 g/mol. The molecule has 3 rings (SSSR count). The minimum atomic E-state index is -0.275. The van der Waals surface area contributed by atoms with Crippen LogP contribution in [-0.2, 0) is 4.79 Å². The molecule has 1 heterocycles. The maximum Gasteiger partial charge on any atom is 0.229 e. The molecule has 2 atom stereocenters. The van der Waals surface area contributed by atoms with Gasteiger partial charge in [-0.3, -0.25) is 4.79 Å². The van der Waals surface area contributed by atoms with Crippen molar-refractivity contribution in [2.24, 2.45) is 11.7 Å². The molecule has 1 aliphatic rings. The Labute approximate surface area is 132 Å². The lowest BCUT2D eigenvalue weighted by Crippen LogP contribution is -2.23. The predicted octanol–water partition coefficient (Wildman–Crippen LogP) is 3.32. The number of nitrogens with zero attached hydrogens (tertiary/aromatic N) is 1. The van der Waals surface area contributed by atoms with Crippen LogP contribution in [0.1, 0.15) is 24.1 Å².